The van der Waals surface area contributed by atoms with E-state index in [1.165, 1.54) is 44.6 Å². The van der Waals surface area contributed by atoms with E-state index in [0.29, 0.717) is 46.6 Å². The molecule has 1 aliphatic heterocycles. The first-order valence-electron chi connectivity index (χ1n) is 16.7. The molecule has 1 saturated heterocycles. The van der Waals surface area contributed by atoms with Crippen molar-refractivity contribution in [3.63, 3.8) is 0 Å². The van der Waals surface area contributed by atoms with Crippen LogP contribution in [0.4, 0.5) is 5.82 Å². The second kappa shape index (κ2) is 14.4. The Kier molecular flexibility index (Phi) is 10.6. The molecule has 2 atom stereocenters. The van der Waals surface area contributed by atoms with Crippen LogP contribution in [0.15, 0.2) is 54.4 Å². The van der Waals surface area contributed by atoms with E-state index < -0.39 is 0 Å². The second-order valence-corrected chi connectivity index (χ2v) is 14.6. The molecule has 3 heterocycles. The number of carbonyl (C=O) groups excluding carboxylic acids is 1. The fraction of sp³-hybridized carbons (Fsp3) is 0.600. The van der Waals surface area contributed by atoms with Gasteiger partial charge in [-0.3, -0.25) is 9.52 Å². The second-order valence-electron chi connectivity index (χ2n) is 13.8. The summed E-state index contributed by atoms with van der Waals surface area (Å²) in [7, 11) is 0. The van der Waals surface area contributed by atoms with Crippen molar-refractivity contribution in [2.24, 2.45) is 40.3 Å². The van der Waals surface area contributed by atoms with E-state index in [4.69, 9.17) is 20.6 Å². The smallest absolute Gasteiger partial charge is 0.265 e. The number of hydrogen-bond donors (Lipinski definition) is 2. The van der Waals surface area contributed by atoms with Gasteiger partial charge in [0.25, 0.3) is 5.91 Å². The van der Waals surface area contributed by atoms with E-state index in [0.717, 1.165) is 55.5 Å². The van der Waals surface area contributed by atoms with E-state index in [2.05, 4.69) is 55.5 Å². The minimum absolute atomic E-state index is 0.146. The molecule has 10 heteroatoms. The molecule has 2 unspecified atom stereocenters. The molecule has 45 heavy (non-hydrogen) atoms. The molecule has 0 radical (unpaired) electrons. The van der Waals surface area contributed by atoms with Gasteiger partial charge < -0.3 is 15.4 Å². The van der Waals surface area contributed by atoms with Gasteiger partial charge in [0.05, 0.1) is 12.2 Å². The van der Waals surface area contributed by atoms with Crippen molar-refractivity contribution in [3.05, 3.63) is 55.0 Å². The Morgan fingerprint density at radius 3 is 2.53 bits per heavy atom. The lowest BCUT2D eigenvalue weighted by Crippen LogP contribution is -2.40. The van der Waals surface area contributed by atoms with Crippen LogP contribution in [0, 0.1) is 29.6 Å². The van der Waals surface area contributed by atoms with Crippen LogP contribution in [0.2, 0.25) is 0 Å². The van der Waals surface area contributed by atoms with E-state index in [1.807, 2.05) is 24.4 Å². The topological polar surface area (TPSA) is 111 Å². The molecule has 0 bridgehead atoms. The minimum Gasteiger partial charge on any atom is -0.477 e. The van der Waals surface area contributed by atoms with E-state index in [9.17, 15) is 4.79 Å². The average molecular weight is 634 g/mol. The van der Waals surface area contributed by atoms with Crippen molar-refractivity contribution in [2.45, 2.75) is 91.0 Å². The van der Waals surface area contributed by atoms with Crippen molar-refractivity contribution in [3.8, 4) is 11.7 Å². The molecule has 3 N–H and O–H groups in total. The largest absolute Gasteiger partial charge is 0.477 e. The van der Waals surface area contributed by atoms with Gasteiger partial charge >= 0.3 is 0 Å². The number of amides is 1. The summed E-state index contributed by atoms with van der Waals surface area (Å²) < 4.78 is 10.8. The summed E-state index contributed by atoms with van der Waals surface area (Å²) in [6.45, 7) is 17.9. The number of anilines is 1. The number of pyridine rings is 1. The molecular formula is C35H51N7O2S. The minimum atomic E-state index is -0.272. The summed E-state index contributed by atoms with van der Waals surface area (Å²) in [5.74, 6) is 5.40. The molecule has 0 aromatic carbocycles. The number of rotatable bonds is 13. The first-order chi connectivity index (χ1) is 21.6. The molecule has 244 valence electrons. The Bertz CT molecular complexity index is 1380. The lowest BCUT2D eigenvalue weighted by molar-refractivity contribution is 0.0720. The van der Waals surface area contributed by atoms with Gasteiger partial charge in [-0.2, -0.15) is 0 Å². The number of carbonyl (C=O) groups is 1. The monoisotopic (exact) mass is 633 g/mol. The fourth-order valence-corrected chi connectivity index (χ4v) is 7.70. The third-order valence-electron chi connectivity index (χ3n) is 10.4. The normalized spacial score (nSPS) is 20.9. The maximum atomic E-state index is 13.6. The molecule has 2 aliphatic carbocycles. The predicted molar refractivity (Wildman–Crippen MR) is 185 cm³/mol. The molecule has 5 rings (SSSR count). The molecule has 0 spiro atoms. The molecule has 2 aromatic heterocycles. The predicted octanol–water partition coefficient (Wildman–Crippen LogP) is 7.30. The number of ether oxygens (including phenoxy) is 1. The standard InChI is InChI=1S/C35H51N7O2S/c1-7-23(3)27-21-35(5,6)41(22-27)33-29(34(43)40-45-32(8-2)37-24(4)36)15-16-30(38-33)42-19-17-31(39-42)44-20-18-28(25-11-9-12-25)26-13-10-14-26/h8,15-17,19,23,25-28H,2,4,7,9-14,18,20-22,36H2,1,3,5-6H3,(H,40,43)/b37-32+. The maximum Gasteiger partial charge on any atom is 0.265 e. The highest BCUT2D eigenvalue weighted by molar-refractivity contribution is 8.13. The van der Waals surface area contributed by atoms with Crippen LogP contribution in [-0.4, -0.2) is 44.4 Å². The number of nitrogens with one attached hydrogen (secondary N) is 1. The van der Waals surface area contributed by atoms with Crippen LogP contribution in [0.1, 0.15) is 95.8 Å². The van der Waals surface area contributed by atoms with Crippen LogP contribution in [0.25, 0.3) is 5.82 Å². The lowest BCUT2D eigenvalue weighted by Gasteiger charge is -2.42. The first-order valence-corrected chi connectivity index (χ1v) is 17.5. The van der Waals surface area contributed by atoms with Crippen molar-refractivity contribution >= 4 is 28.7 Å². The van der Waals surface area contributed by atoms with Crippen molar-refractivity contribution in [2.75, 3.05) is 18.1 Å². The molecule has 3 aliphatic rings. The Balaban J connectivity index is 1.35. The summed E-state index contributed by atoms with van der Waals surface area (Å²) in [5, 5.41) is 5.19. The molecule has 3 fully saturated rings. The number of nitrogens with zero attached hydrogens (tertiary/aromatic N) is 5. The zero-order valence-electron chi connectivity index (χ0n) is 27.5. The first kappa shape index (κ1) is 33.1. The molecule has 9 nitrogen and oxygen atoms in total. The van der Waals surface area contributed by atoms with Crippen molar-refractivity contribution in [1.29, 1.82) is 0 Å². The highest BCUT2D eigenvalue weighted by atomic mass is 32.2. The van der Waals surface area contributed by atoms with Crippen LogP contribution >= 0.6 is 11.9 Å². The van der Waals surface area contributed by atoms with Gasteiger partial charge in [0.2, 0.25) is 5.88 Å². The number of hydrogen-bond acceptors (Lipinski definition) is 8. The van der Waals surface area contributed by atoms with E-state index in [-0.39, 0.29) is 17.3 Å². The molecular weight excluding hydrogens is 582 g/mol. The van der Waals surface area contributed by atoms with E-state index >= 15 is 0 Å². The van der Waals surface area contributed by atoms with Gasteiger partial charge in [-0.1, -0.05) is 72.0 Å². The van der Waals surface area contributed by atoms with Crippen molar-refractivity contribution in [1.82, 2.24) is 19.5 Å². The van der Waals surface area contributed by atoms with Gasteiger partial charge in [-0.15, -0.1) is 5.10 Å². The Morgan fingerprint density at radius 1 is 1.22 bits per heavy atom. The van der Waals surface area contributed by atoms with Crippen LogP contribution in [0.5, 0.6) is 5.88 Å². The molecule has 2 saturated carbocycles. The molecule has 1 amide bonds. The Morgan fingerprint density at radius 2 is 1.93 bits per heavy atom. The van der Waals surface area contributed by atoms with Gasteiger partial charge in [0.1, 0.15) is 16.7 Å². The molecule has 2 aromatic rings. The SMILES string of the molecule is C=C/C(=N\C(=C)N)SNC(=O)c1ccc(-n2ccc(OCCC(C3CCC3)C3CCC3)n2)nc1N1CC(C(C)CC)CC1(C)C. The van der Waals surface area contributed by atoms with Crippen LogP contribution in [-0.2, 0) is 0 Å². The zero-order chi connectivity index (χ0) is 32.1. The number of nitrogens with two attached hydrogens (primary N) is 1. The maximum absolute atomic E-state index is 13.6. The van der Waals surface area contributed by atoms with Crippen LogP contribution < -0.4 is 20.1 Å². The van der Waals surface area contributed by atoms with Gasteiger partial charge in [-0.25, -0.2) is 14.7 Å². The van der Waals surface area contributed by atoms with Gasteiger partial charge in [0, 0.05) is 36.3 Å². The van der Waals surface area contributed by atoms with Gasteiger partial charge in [0.15, 0.2) is 5.82 Å². The fourth-order valence-electron chi connectivity index (χ4n) is 7.14. The quantitative estimate of drug-likeness (QED) is 0.135. The average Bonchev–Trinajstić information content (AvgIpc) is 3.56. The third kappa shape index (κ3) is 7.76. The highest BCUT2D eigenvalue weighted by Crippen LogP contribution is 2.46. The summed E-state index contributed by atoms with van der Waals surface area (Å²) >= 11 is 1.05. The summed E-state index contributed by atoms with van der Waals surface area (Å²) in [4.78, 5) is 25.1. The zero-order valence-corrected chi connectivity index (χ0v) is 28.3. The van der Waals surface area contributed by atoms with Gasteiger partial charge in [-0.05, 0) is 74.5 Å². The van der Waals surface area contributed by atoms with Crippen LogP contribution in [0.3, 0.4) is 0 Å². The number of aromatic nitrogens is 3. The summed E-state index contributed by atoms with van der Waals surface area (Å²) in [6, 6.07) is 5.57. The summed E-state index contributed by atoms with van der Waals surface area (Å²) in [6.07, 6.45) is 15.0. The summed E-state index contributed by atoms with van der Waals surface area (Å²) in [5.41, 5.74) is 5.94. The Hall–Kier alpha value is -3.27. The third-order valence-corrected chi connectivity index (χ3v) is 11.2. The van der Waals surface area contributed by atoms with Crippen molar-refractivity contribution < 1.29 is 9.53 Å². The number of aliphatic imine (C=N–C) groups is 1. The lowest BCUT2D eigenvalue weighted by atomic mass is 9.63. The van der Waals surface area contributed by atoms with E-state index in [1.54, 1.807) is 4.68 Å². The Labute approximate surface area is 273 Å². The highest BCUT2D eigenvalue weighted by Gasteiger charge is 2.42.